The van der Waals surface area contributed by atoms with Gasteiger partial charge in [-0.05, 0) is 19.3 Å². The lowest BCUT2D eigenvalue weighted by atomic mass is 10.1. The van der Waals surface area contributed by atoms with Crippen molar-refractivity contribution in [3.63, 3.8) is 0 Å². The zero-order chi connectivity index (χ0) is 15.8. The van der Waals surface area contributed by atoms with Gasteiger partial charge in [-0.15, -0.1) is 11.3 Å². The van der Waals surface area contributed by atoms with E-state index in [9.17, 15) is 9.59 Å². The Kier molecular flexibility index (Phi) is 3.97. The summed E-state index contributed by atoms with van der Waals surface area (Å²) in [6.45, 7) is 3.91. The quantitative estimate of drug-likeness (QED) is 0.833. The average Bonchev–Trinajstić information content (AvgIpc) is 3.19. The summed E-state index contributed by atoms with van der Waals surface area (Å²) in [5.74, 6) is 0.210. The highest BCUT2D eigenvalue weighted by atomic mass is 32.1. The lowest BCUT2D eigenvalue weighted by Gasteiger charge is -2.24. The minimum absolute atomic E-state index is 0.130. The first-order valence-corrected chi connectivity index (χ1v) is 9.33. The molecule has 0 aromatic carbocycles. The molecule has 1 saturated carbocycles. The van der Waals surface area contributed by atoms with E-state index in [4.69, 9.17) is 0 Å². The second-order valence-corrected chi connectivity index (χ2v) is 7.53. The maximum Gasteiger partial charge on any atom is 0.228 e. The van der Waals surface area contributed by atoms with E-state index in [1.165, 1.54) is 0 Å². The van der Waals surface area contributed by atoms with Gasteiger partial charge in [-0.2, -0.15) is 0 Å². The molecule has 3 fully saturated rings. The van der Waals surface area contributed by atoms with Crippen molar-refractivity contribution in [3.05, 3.63) is 11.6 Å². The molecule has 2 aliphatic heterocycles. The molecule has 6 nitrogen and oxygen atoms in total. The van der Waals surface area contributed by atoms with E-state index < -0.39 is 0 Å². The lowest BCUT2D eigenvalue weighted by Crippen LogP contribution is -2.40. The third-order valence-corrected chi connectivity index (χ3v) is 5.82. The zero-order valence-electron chi connectivity index (χ0n) is 13.2. The van der Waals surface area contributed by atoms with Crippen LogP contribution >= 0.6 is 11.3 Å². The lowest BCUT2D eigenvalue weighted by molar-refractivity contribution is -0.135. The van der Waals surface area contributed by atoms with Crippen molar-refractivity contribution in [1.29, 1.82) is 0 Å². The number of amides is 2. The Morgan fingerprint density at radius 3 is 2.83 bits per heavy atom. The largest absolute Gasteiger partial charge is 0.346 e. The van der Waals surface area contributed by atoms with Crippen LogP contribution in [0.4, 0.5) is 5.13 Å². The summed E-state index contributed by atoms with van der Waals surface area (Å²) in [7, 11) is 0. The second-order valence-electron chi connectivity index (χ2n) is 6.66. The van der Waals surface area contributed by atoms with Crippen LogP contribution in [0.1, 0.15) is 25.7 Å². The molecule has 1 aromatic heterocycles. The van der Waals surface area contributed by atoms with Gasteiger partial charge in [0.25, 0.3) is 0 Å². The number of likely N-dealkylation sites (tertiary alicyclic amines) is 1. The maximum absolute atomic E-state index is 12.8. The molecule has 23 heavy (non-hydrogen) atoms. The summed E-state index contributed by atoms with van der Waals surface area (Å²) < 4.78 is 0. The summed E-state index contributed by atoms with van der Waals surface area (Å²) in [6, 6.07) is 0.421. The van der Waals surface area contributed by atoms with Gasteiger partial charge < -0.3 is 14.7 Å². The van der Waals surface area contributed by atoms with Crippen LogP contribution in [0.2, 0.25) is 0 Å². The number of carbonyl (C=O) groups excluding carboxylic acids is 2. The molecule has 7 heteroatoms. The number of thiazole rings is 1. The normalized spacial score (nSPS) is 25.8. The van der Waals surface area contributed by atoms with Gasteiger partial charge in [0.1, 0.15) is 0 Å². The third-order valence-electron chi connectivity index (χ3n) is 4.99. The number of nitrogens with zero attached hydrogens (tertiary/aromatic N) is 4. The van der Waals surface area contributed by atoms with Crippen LogP contribution in [0, 0.1) is 5.92 Å². The standard InChI is InChI=1S/C16H22N4O2S/c21-14-10-12(11-20(14)13-2-3-13)15(22)18-5-1-6-19(8-7-18)16-17-4-9-23-16/h4,9,12-13H,1-3,5-8,10-11H2/t12-/m0/s1. The first-order valence-electron chi connectivity index (χ1n) is 8.45. The van der Waals surface area contributed by atoms with Gasteiger partial charge in [0.15, 0.2) is 5.13 Å². The molecule has 124 valence electrons. The second kappa shape index (κ2) is 6.11. The van der Waals surface area contributed by atoms with Gasteiger partial charge >= 0.3 is 0 Å². The zero-order valence-corrected chi connectivity index (χ0v) is 14.0. The number of aromatic nitrogens is 1. The highest BCUT2D eigenvalue weighted by Gasteiger charge is 2.42. The molecule has 0 bridgehead atoms. The molecule has 1 aromatic rings. The van der Waals surface area contributed by atoms with Crippen molar-refractivity contribution in [2.45, 2.75) is 31.7 Å². The monoisotopic (exact) mass is 334 g/mol. The fraction of sp³-hybridized carbons (Fsp3) is 0.688. The fourth-order valence-electron chi connectivity index (χ4n) is 3.60. The number of rotatable bonds is 3. The van der Waals surface area contributed by atoms with Crippen LogP contribution < -0.4 is 4.90 Å². The minimum atomic E-state index is -0.130. The molecular weight excluding hydrogens is 312 g/mol. The number of anilines is 1. The van der Waals surface area contributed by atoms with Gasteiger partial charge in [0.05, 0.1) is 5.92 Å². The van der Waals surface area contributed by atoms with Crippen LogP contribution in [-0.4, -0.2) is 65.4 Å². The first-order chi connectivity index (χ1) is 11.2. The van der Waals surface area contributed by atoms with Crippen LogP contribution in [0.5, 0.6) is 0 Å². The van der Waals surface area contributed by atoms with Gasteiger partial charge in [0, 0.05) is 56.8 Å². The van der Waals surface area contributed by atoms with E-state index in [1.807, 2.05) is 21.4 Å². The van der Waals surface area contributed by atoms with E-state index in [1.54, 1.807) is 11.3 Å². The van der Waals surface area contributed by atoms with E-state index in [-0.39, 0.29) is 17.7 Å². The average molecular weight is 334 g/mol. The van der Waals surface area contributed by atoms with Crippen molar-refractivity contribution in [2.24, 2.45) is 5.92 Å². The van der Waals surface area contributed by atoms with Gasteiger partial charge in [-0.1, -0.05) is 0 Å². The number of carbonyl (C=O) groups is 2. The SMILES string of the molecule is O=C([C@H]1CC(=O)N(C2CC2)C1)N1CCCN(c2nccs2)CC1. The summed E-state index contributed by atoms with van der Waals surface area (Å²) in [4.78, 5) is 35.4. The van der Waals surface area contributed by atoms with Crippen molar-refractivity contribution in [2.75, 3.05) is 37.6 Å². The summed E-state index contributed by atoms with van der Waals surface area (Å²) in [5, 5.41) is 3.02. The van der Waals surface area contributed by atoms with E-state index in [0.717, 1.165) is 50.6 Å². The third kappa shape index (κ3) is 3.06. The van der Waals surface area contributed by atoms with Crippen LogP contribution in [0.3, 0.4) is 0 Å². The van der Waals surface area contributed by atoms with Gasteiger partial charge in [-0.25, -0.2) is 4.98 Å². The van der Waals surface area contributed by atoms with Crippen molar-refractivity contribution < 1.29 is 9.59 Å². The Balaban J connectivity index is 1.36. The molecule has 3 heterocycles. The summed E-state index contributed by atoms with van der Waals surface area (Å²) >= 11 is 1.64. The molecule has 2 saturated heterocycles. The predicted molar refractivity (Wildman–Crippen MR) is 88.4 cm³/mol. The molecular formula is C16H22N4O2S. The number of hydrogen-bond acceptors (Lipinski definition) is 5. The highest BCUT2D eigenvalue weighted by Crippen LogP contribution is 2.33. The highest BCUT2D eigenvalue weighted by molar-refractivity contribution is 7.13. The van der Waals surface area contributed by atoms with E-state index in [2.05, 4.69) is 9.88 Å². The van der Waals surface area contributed by atoms with Crippen molar-refractivity contribution in [1.82, 2.24) is 14.8 Å². The molecule has 0 spiro atoms. The molecule has 1 atom stereocenters. The van der Waals surface area contributed by atoms with Crippen LogP contribution in [-0.2, 0) is 9.59 Å². The predicted octanol–water partition coefficient (Wildman–Crippen LogP) is 1.19. The van der Waals surface area contributed by atoms with Crippen LogP contribution in [0.15, 0.2) is 11.6 Å². The minimum Gasteiger partial charge on any atom is -0.346 e. The Hall–Kier alpha value is -1.63. The molecule has 4 rings (SSSR count). The molecule has 0 N–H and O–H groups in total. The van der Waals surface area contributed by atoms with E-state index >= 15 is 0 Å². The Bertz CT molecular complexity index is 587. The first kappa shape index (κ1) is 14.9. The molecule has 1 aliphatic carbocycles. The molecule has 0 radical (unpaired) electrons. The van der Waals surface area contributed by atoms with Gasteiger partial charge in [-0.3, -0.25) is 9.59 Å². The smallest absolute Gasteiger partial charge is 0.228 e. The van der Waals surface area contributed by atoms with Gasteiger partial charge in [0.2, 0.25) is 11.8 Å². The topological polar surface area (TPSA) is 56.8 Å². The summed E-state index contributed by atoms with van der Waals surface area (Å²) in [5.41, 5.74) is 0. The molecule has 0 unspecified atom stereocenters. The van der Waals surface area contributed by atoms with Crippen molar-refractivity contribution in [3.8, 4) is 0 Å². The molecule has 2 amide bonds. The fourth-order valence-corrected chi connectivity index (χ4v) is 4.29. The van der Waals surface area contributed by atoms with Crippen molar-refractivity contribution >= 4 is 28.3 Å². The Labute approximate surface area is 140 Å². The molecule has 3 aliphatic rings. The Morgan fingerprint density at radius 1 is 1.22 bits per heavy atom. The summed E-state index contributed by atoms with van der Waals surface area (Å²) in [6.07, 6.45) is 5.41. The number of hydrogen-bond donors (Lipinski definition) is 0. The van der Waals surface area contributed by atoms with E-state index in [0.29, 0.717) is 19.0 Å². The van der Waals surface area contributed by atoms with Crippen LogP contribution in [0.25, 0.3) is 0 Å². The Morgan fingerprint density at radius 2 is 2.09 bits per heavy atom. The maximum atomic E-state index is 12.8.